The number of alkyl halides is 1. The Morgan fingerprint density at radius 1 is 1.31 bits per heavy atom. The van der Waals surface area contributed by atoms with E-state index in [-0.39, 0.29) is 19.7 Å². The van der Waals surface area contributed by atoms with Crippen molar-refractivity contribution in [3.63, 3.8) is 0 Å². The summed E-state index contributed by atoms with van der Waals surface area (Å²) >= 11 is 0. The lowest BCUT2D eigenvalue weighted by Crippen LogP contribution is -2.54. The largest absolute Gasteiger partial charge is 0.445 e. The average Bonchev–Trinajstić information content (AvgIpc) is 2.88. The van der Waals surface area contributed by atoms with E-state index in [1.165, 1.54) is 4.90 Å². The fourth-order valence-electron chi connectivity index (χ4n) is 2.90. The highest BCUT2D eigenvalue weighted by molar-refractivity contribution is 5.71. The van der Waals surface area contributed by atoms with Crippen LogP contribution >= 0.6 is 0 Å². The van der Waals surface area contributed by atoms with Crippen LogP contribution in [0.25, 0.3) is 0 Å². The molecule has 1 aromatic rings. The van der Waals surface area contributed by atoms with Crippen LogP contribution in [0.5, 0.6) is 0 Å². The number of rotatable bonds is 4. The summed E-state index contributed by atoms with van der Waals surface area (Å²) in [5.41, 5.74) is -0.696. The summed E-state index contributed by atoms with van der Waals surface area (Å²) in [7, 11) is 0. The van der Waals surface area contributed by atoms with Gasteiger partial charge in [0.05, 0.1) is 12.2 Å². The van der Waals surface area contributed by atoms with Crippen molar-refractivity contribution in [1.29, 1.82) is 0 Å². The number of alkyl carbamates (subject to hydrolysis) is 1. The highest BCUT2D eigenvalue weighted by Crippen LogP contribution is 2.29. The lowest BCUT2D eigenvalue weighted by atomic mass is 9.90. The topological polar surface area (TPSA) is 67.9 Å². The van der Waals surface area contributed by atoms with E-state index in [4.69, 9.17) is 9.47 Å². The molecular weight excluding hydrogens is 339 g/mol. The molecule has 0 unspecified atom stereocenters. The summed E-state index contributed by atoms with van der Waals surface area (Å²) in [6.45, 7) is 6.80. The van der Waals surface area contributed by atoms with Gasteiger partial charge in [0, 0.05) is 19.0 Å². The highest BCUT2D eigenvalue weighted by atomic mass is 19.1. The Morgan fingerprint density at radius 3 is 2.54 bits per heavy atom. The predicted octanol–water partition coefficient (Wildman–Crippen LogP) is 3.51. The Bertz CT molecular complexity index is 632. The van der Waals surface area contributed by atoms with Gasteiger partial charge in [0.25, 0.3) is 0 Å². The normalized spacial score (nSPS) is 22.8. The summed E-state index contributed by atoms with van der Waals surface area (Å²) in [5.74, 6) is -0.528. The summed E-state index contributed by atoms with van der Waals surface area (Å²) in [6, 6.07) is 9.32. The van der Waals surface area contributed by atoms with Gasteiger partial charge in [-0.25, -0.2) is 9.59 Å². The number of ether oxygens (including phenoxy) is 2. The maximum Gasteiger partial charge on any atom is 0.410 e. The maximum absolute atomic E-state index is 13.5. The molecule has 144 valence electrons. The van der Waals surface area contributed by atoms with Crippen LogP contribution in [0.3, 0.4) is 0 Å². The summed E-state index contributed by atoms with van der Waals surface area (Å²) in [5, 5.41) is 2.72. The number of likely N-dealkylation sites (tertiary alicyclic amines) is 1. The second kappa shape index (κ2) is 7.93. The Morgan fingerprint density at radius 2 is 1.96 bits per heavy atom. The Labute approximate surface area is 153 Å². The minimum atomic E-state index is -0.914. The number of amides is 2. The Kier molecular flexibility index (Phi) is 6.10. The number of hydrogen-bond donors (Lipinski definition) is 1. The Hall–Kier alpha value is -2.31. The van der Waals surface area contributed by atoms with E-state index in [1.54, 1.807) is 27.7 Å². The van der Waals surface area contributed by atoms with E-state index in [2.05, 4.69) is 5.32 Å². The zero-order chi connectivity index (χ0) is 19.4. The van der Waals surface area contributed by atoms with Gasteiger partial charge in [0.2, 0.25) is 0 Å². The van der Waals surface area contributed by atoms with Crippen LogP contribution in [0, 0.1) is 5.92 Å². The number of nitrogens with zero attached hydrogens (tertiary/aromatic N) is 1. The van der Waals surface area contributed by atoms with Crippen molar-refractivity contribution in [2.45, 2.75) is 45.4 Å². The summed E-state index contributed by atoms with van der Waals surface area (Å²) < 4.78 is 24.1. The molecule has 2 amide bonds. The minimum Gasteiger partial charge on any atom is -0.445 e. The molecule has 1 aliphatic rings. The van der Waals surface area contributed by atoms with E-state index in [0.717, 1.165) is 5.56 Å². The maximum atomic E-state index is 13.5. The third kappa shape index (κ3) is 5.34. The highest BCUT2D eigenvalue weighted by Gasteiger charge is 2.47. The molecule has 0 saturated carbocycles. The Balaban J connectivity index is 1.96. The van der Waals surface area contributed by atoms with Crippen LogP contribution in [0.2, 0.25) is 0 Å². The molecule has 0 aromatic heterocycles. The molecule has 26 heavy (non-hydrogen) atoms. The molecule has 0 aliphatic carbocycles. The molecule has 1 heterocycles. The van der Waals surface area contributed by atoms with Gasteiger partial charge in [-0.3, -0.25) is 4.39 Å². The molecule has 6 nitrogen and oxygen atoms in total. The van der Waals surface area contributed by atoms with E-state index in [9.17, 15) is 14.0 Å². The van der Waals surface area contributed by atoms with Crippen LogP contribution in [-0.4, -0.2) is 48.0 Å². The van der Waals surface area contributed by atoms with Gasteiger partial charge in [0.1, 0.15) is 12.2 Å². The van der Waals surface area contributed by atoms with Gasteiger partial charge < -0.3 is 19.7 Å². The van der Waals surface area contributed by atoms with Gasteiger partial charge in [-0.15, -0.1) is 0 Å². The molecule has 0 radical (unpaired) electrons. The second-order valence-corrected chi connectivity index (χ2v) is 7.82. The minimum absolute atomic E-state index is 0.146. The smallest absolute Gasteiger partial charge is 0.410 e. The first-order valence-corrected chi connectivity index (χ1v) is 8.66. The van der Waals surface area contributed by atoms with Crippen molar-refractivity contribution in [1.82, 2.24) is 10.2 Å². The molecule has 1 aliphatic heterocycles. The first-order valence-electron chi connectivity index (χ1n) is 8.66. The van der Waals surface area contributed by atoms with Gasteiger partial charge >= 0.3 is 12.2 Å². The number of carbonyl (C=O) groups is 2. The predicted molar refractivity (Wildman–Crippen MR) is 95.4 cm³/mol. The number of benzene rings is 1. The molecular formula is C19H27FN2O4. The standard InChI is InChI=1S/C19H27FN2O4/c1-18(2,3)26-16(23)21-19(4)13-22(11-15(19)10-20)17(24)25-12-14-8-6-5-7-9-14/h5-9,15H,10-13H2,1-4H3,(H,21,23)/t15-,19-/m0/s1. The van der Waals surface area contributed by atoms with Crippen molar-refractivity contribution in [2.24, 2.45) is 5.92 Å². The van der Waals surface area contributed by atoms with Crippen LogP contribution in [0.1, 0.15) is 33.3 Å². The van der Waals surface area contributed by atoms with Gasteiger partial charge in [-0.05, 0) is 33.3 Å². The number of carbonyl (C=O) groups excluding carboxylic acids is 2. The van der Waals surface area contributed by atoms with Crippen LogP contribution in [-0.2, 0) is 16.1 Å². The zero-order valence-electron chi connectivity index (χ0n) is 15.8. The van der Waals surface area contributed by atoms with Crippen LogP contribution in [0.15, 0.2) is 30.3 Å². The van der Waals surface area contributed by atoms with Crippen molar-refractivity contribution < 1.29 is 23.5 Å². The van der Waals surface area contributed by atoms with Gasteiger partial charge in [-0.1, -0.05) is 30.3 Å². The first kappa shape index (κ1) is 20.0. The average molecular weight is 366 g/mol. The fourth-order valence-corrected chi connectivity index (χ4v) is 2.90. The van der Waals surface area contributed by atoms with Crippen molar-refractivity contribution in [3.05, 3.63) is 35.9 Å². The fraction of sp³-hybridized carbons (Fsp3) is 0.579. The molecule has 0 spiro atoms. The molecule has 1 saturated heterocycles. The van der Waals surface area contributed by atoms with Crippen LogP contribution < -0.4 is 5.32 Å². The second-order valence-electron chi connectivity index (χ2n) is 7.82. The summed E-state index contributed by atoms with van der Waals surface area (Å²) in [4.78, 5) is 25.8. The lowest BCUT2D eigenvalue weighted by Gasteiger charge is -2.31. The number of hydrogen-bond acceptors (Lipinski definition) is 4. The van der Waals surface area contributed by atoms with Gasteiger partial charge in [-0.2, -0.15) is 0 Å². The van der Waals surface area contributed by atoms with E-state index < -0.39 is 35.9 Å². The molecule has 7 heteroatoms. The molecule has 2 atom stereocenters. The van der Waals surface area contributed by atoms with Crippen molar-refractivity contribution in [2.75, 3.05) is 19.8 Å². The summed E-state index contributed by atoms with van der Waals surface area (Å²) in [6.07, 6.45) is -1.15. The number of halogens is 1. The van der Waals surface area contributed by atoms with E-state index >= 15 is 0 Å². The molecule has 1 fully saturated rings. The third-order valence-corrected chi connectivity index (χ3v) is 4.30. The molecule has 1 aromatic carbocycles. The monoisotopic (exact) mass is 366 g/mol. The SMILES string of the molecule is CC(C)(C)OC(=O)N[C@@]1(C)CN(C(=O)OCc2ccccc2)C[C@@H]1CF. The molecule has 2 rings (SSSR count). The zero-order valence-corrected chi connectivity index (χ0v) is 15.8. The first-order chi connectivity index (χ1) is 12.1. The van der Waals surface area contributed by atoms with Crippen molar-refractivity contribution >= 4 is 12.2 Å². The lowest BCUT2D eigenvalue weighted by molar-refractivity contribution is 0.0435. The van der Waals surface area contributed by atoms with Crippen molar-refractivity contribution in [3.8, 4) is 0 Å². The van der Waals surface area contributed by atoms with E-state index in [1.807, 2.05) is 30.3 Å². The van der Waals surface area contributed by atoms with E-state index in [0.29, 0.717) is 0 Å². The van der Waals surface area contributed by atoms with Gasteiger partial charge in [0.15, 0.2) is 0 Å². The van der Waals surface area contributed by atoms with Crippen LogP contribution in [0.4, 0.5) is 14.0 Å². The number of nitrogens with one attached hydrogen (secondary N) is 1. The quantitative estimate of drug-likeness (QED) is 0.885. The molecule has 0 bridgehead atoms. The third-order valence-electron chi connectivity index (χ3n) is 4.30. The molecule has 1 N–H and O–H groups in total.